The van der Waals surface area contributed by atoms with E-state index in [9.17, 15) is 0 Å². The average Bonchev–Trinajstić information content (AvgIpc) is 2.39. The third kappa shape index (κ3) is 4.08. The summed E-state index contributed by atoms with van der Waals surface area (Å²) in [5.41, 5.74) is 7.01. The molecule has 0 spiro atoms. The van der Waals surface area contributed by atoms with Crippen molar-refractivity contribution in [3.63, 3.8) is 0 Å². The van der Waals surface area contributed by atoms with E-state index >= 15 is 0 Å². The van der Waals surface area contributed by atoms with Gasteiger partial charge in [0.15, 0.2) is 0 Å². The fraction of sp³-hybridized carbons (Fsp3) is 0.286. The van der Waals surface area contributed by atoms with Crippen molar-refractivity contribution >= 4 is 56.1 Å². The zero-order chi connectivity index (χ0) is 14.7. The van der Waals surface area contributed by atoms with Gasteiger partial charge in [-0.05, 0) is 46.7 Å². The highest BCUT2D eigenvalue weighted by Crippen LogP contribution is 2.27. The molecule has 0 bridgehead atoms. The second-order valence-corrected chi connectivity index (χ2v) is 7.67. The fourth-order valence-corrected chi connectivity index (χ4v) is 3.91. The summed E-state index contributed by atoms with van der Waals surface area (Å²) in [7, 11) is 0. The molecule has 20 heavy (non-hydrogen) atoms. The lowest BCUT2D eigenvalue weighted by molar-refractivity contribution is 0.793. The quantitative estimate of drug-likeness (QED) is 0.520. The van der Waals surface area contributed by atoms with E-state index in [1.54, 1.807) is 11.8 Å². The Labute approximate surface area is 145 Å². The van der Waals surface area contributed by atoms with Crippen LogP contribution in [0.2, 0.25) is 0 Å². The first-order chi connectivity index (χ1) is 9.47. The lowest BCUT2D eigenvalue weighted by Gasteiger charge is -2.11. The first-order valence-corrected chi connectivity index (χ1v) is 9.03. The summed E-state index contributed by atoms with van der Waals surface area (Å²) in [4.78, 5) is 10.2. The normalized spacial score (nSPS) is 11.1. The van der Waals surface area contributed by atoms with Crippen molar-refractivity contribution < 1.29 is 0 Å². The monoisotopic (exact) mass is 463 g/mol. The Bertz CT molecular complexity index is 619. The zero-order valence-corrected chi connectivity index (χ0v) is 15.8. The van der Waals surface area contributed by atoms with E-state index in [1.165, 1.54) is 4.90 Å². The molecule has 0 aliphatic heterocycles. The topological polar surface area (TPSA) is 51.8 Å². The second kappa shape index (κ2) is 7.09. The van der Waals surface area contributed by atoms with E-state index in [0.29, 0.717) is 11.7 Å². The van der Waals surface area contributed by atoms with Gasteiger partial charge in [0.1, 0.15) is 11.6 Å². The van der Waals surface area contributed by atoms with E-state index in [-0.39, 0.29) is 0 Å². The summed E-state index contributed by atoms with van der Waals surface area (Å²) in [5.74, 6) is 2.43. The van der Waals surface area contributed by atoms with Gasteiger partial charge in [0.05, 0.1) is 15.0 Å². The minimum Gasteiger partial charge on any atom is -0.383 e. The van der Waals surface area contributed by atoms with Gasteiger partial charge in [-0.2, -0.15) is 0 Å². The molecule has 2 N–H and O–H groups in total. The number of hydrogen-bond acceptors (Lipinski definition) is 4. The van der Waals surface area contributed by atoms with Crippen LogP contribution in [0.4, 0.5) is 5.82 Å². The van der Waals surface area contributed by atoms with Gasteiger partial charge in [0.25, 0.3) is 0 Å². The lowest BCUT2D eigenvalue weighted by atomic mass is 10.1. The van der Waals surface area contributed by atoms with E-state index in [1.807, 2.05) is 12.1 Å². The largest absolute Gasteiger partial charge is 0.383 e. The highest BCUT2D eigenvalue weighted by atomic mass is 127. The number of thioether (sulfide) groups is 1. The molecule has 0 saturated heterocycles. The highest BCUT2D eigenvalue weighted by Gasteiger charge is 2.13. The van der Waals surface area contributed by atoms with Gasteiger partial charge in [0.2, 0.25) is 0 Å². The van der Waals surface area contributed by atoms with Crippen LogP contribution in [0.25, 0.3) is 0 Å². The predicted octanol–water partition coefficient (Wildman–Crippen LogP) is 4.84. The van der Waals surface area contributed by atoms with Crippen LogP contribution in [-0.2, 0) is 5.75 Å². The second-order valence-electron chi connectivity index (χ2n) is 4.63. The van der Waals surface area contributed by atoms with Crippen LogP contribution in [0, 0.1) is 3.57 Å². The maximum atomic E-state index is 5.98. The molecular weight excluding hydrogens is 449 g/mol. The minimum atomic E-state index is 0.349. The molecule has 6 heteroatoms. The molecule has 0 atom stereocenters. The van der Waals surface area contributed by atoms with E-state index in [0.717, 1.165) is 25.3 Å². The van der Waals surface area contributed by atoms with E-state index in [2.05, 4.69) is 74.5 Å². The van der Waals surface area contributed by atoms with Crippen LogP contribution in [0.3, 0.4) is 0 Å². The smallest absolute Gasteiger partial charge is 0.141 e. The molecule has 0 fully saturated rings. The molecule has 0 aliphatic rings. The molecule has 0 saturated carbocycles. The SMILES string of the molecule is CC(C)c1nc(CSc2cccc(Br)c2)nc(N)c1I. The molecule has 2 rings (SSSR count). The summed E-state index contributed by atoms with van der Waals surface area (Å²) in [6.07, 6.45) is 0. The Balaban J connectivity index is 2.18. The Hall–Kier alpha value is -0.340. The third-order valence-electron chi connectivity index (χ3n) is 2.66. The lowest BCUT2D eigenvalue weighted by Crippen LogP contribution is -2.07. The number of anilines is 1. The summed E-state index contributed by atoms with van der Waals surface area (Å²) < 4.78 is 2.04. The molecule has 1 aromatic carbocycles. The van der Waals surface area contributed by atoms with Crippen molar-refractivity contribution in [2.45, 2.75) is 30.4 Å². The van der Waals surface area contributed by atoms with E-state index in [4.69, 9.17) is 5.73 Å². The summed E-state index contributed by atoms with van der Waals surface area (Å²) in [5, 5.41) is 0. The molecule has 1 aromatic heterocycles. The number of nitrogen functional groups attached to an aromatic ring is 1. The Kier molecular flexibility index (Phi) is 5.68. The number of rotatable bonds is 4. The van der Waals surface area contributed by atoms with Crippen molar-refractivity contribution in [1.29, 1.82) is 0 Å². The van der Waals surface area contributed by atoms with Gasteiger partial charge in [-0.1, -0.05) is 35.8 Å². The highest BCUT2D eigenvalue weighted by molar-refractivity contribution is 14.1. The molecule has 0 amide bonds. The number of nitrogens with zero attached hydrogens (tertiary/aromatic N) is 2. The maximum absolute atomic E-state index is 5.98. The Morgan fingerprint density at radius 1 is 1.35 bits per heavy atom. The summed E-state index contributed by atoms with van der Waals surface area (Å²) >= 11 is 7.40. The van der Waals surface area contributed by atoms with Gasteiger partial charge < -0.3 is 5.73 Å². The fourth-order valence-electron chi connectivity index (χ4n) is 1.68. The van der Waals surface area contributed by atoms with Gasteiger partial charge in [-0.15, -0.1) is 11.8 Å². The molecule has 2 aromatic rings. The van der Waals surface area contributed by atoms with Gasteiger partial charge >= 0.3 is 0 Å². The Morgan fingerprint density at radius 2 is 2.10 bits per heavy atom. The van der Waals surface area contributed by atoms with Gasteiger partial charge in [0, 0.05) is 9.37 Å². The van der Waals surface area contributed by atoms with Crippen molar-refractivity contribution in [2.24, 2.45) is 0 Å². The van der Waals surface area contributed by atoms with Crippen LogP contribution in [-0.4, -0.2) is 9.97 Å². The number of aromatic nitrogens is 2. The third-order valence-corrected chi connectivity index (χ3v) is 5.25. The van der Waals surface area contributed by atoms with Crippen molar-refractivity contribution in [2.75, 3.05) is 5.73 Å². The van der Waals surface area contributed by atoms with Crippen molar-refractivity contribution in [3.05, 3.63) is 43.8 Å². The molecule has 0 radical (unpaired) electrons. The molecule has 0 unspecified atom stereocenters. The van der Waals surface area contributed by atoms with Gasteiger partial charge in [-0.3, -0.25) is 0 Å². The number of benzene rings is 1. The van der Waals surface area contributed by atoms with Crippen LogP contribution < -0.4 is 5.73 Å². The standard InChI is InChI=1S/C14H15BrIN3S/c1-8(2)13-12(16)14(17)19-11(18-13)7-20-10-5-3-4-9(15)6-10/h3-6,8H,7H2,1-2H3,(H2,17,18,19). The predicted molar refractivity (Wildman–Crippen MR) is 97.0 cm³/mol. The minimum absolute atomic E-state index is 0.349. The van der Waals surface area contributed by atoms with Crippen molar-refractivity contribution in [1.82, 2.24) is 9.97 Å². The molecule has 1 heterocycles. The first-order valence-electron chi connectivity index (χ1n) is 6.17. The number of halogens is 2. The van der Waals surface area contributed by atoms with Gasteiger partial charge in [-0.25, -0.2) is 9.97 Å². The van der Waals surface area contributed by atoms with Crippen LogP contribution >= 0.6 is 50.3 Å². The Morgan fingerprint density at radius 3 is 2.75 bits per heavy atom. The summed E-state index contributed by atoms with van der Waals surface area (Å²) in [6.45, 7) is 4.24. The van der Waals surface area contributed by atoms with Crippen LogP contribution in [0.1, 0.15) is 31.3 Å². The van der Waals surface area contributed by atoms with E-state index < -0.39 is 0 Å². The first kappa shape index (κ1) is 16.0. The molecule has 3 nitrogen and oxygen atoms in total. The molecule has 106 valence electrons. The molecular formula is C14H15BrIN3S. The average molecular weight is 464 g/mol. The number of nitrogens with two attached hydrogens (primary N) is 1. The summed E-state index contributed by atoms with van der Waals surface area (Å²) in [6, 6.07) is 8.20. The maximum Gasteiger partial charge on any atom is 0.141 e. The zero-order valence-electron chi connectivity index (χ0n) is 11.2. The van der Waals surface area contributed by atoms with Crippen LogP contribution in [0.15, 0.2) is 33.6 Å². The number of hydrogen-bond donors (Lipinski definition) is 1. The van der Waals surface area contributed by atoms with Crippen molar-refractivity contribution in [3.8, 4) is 0 Å². The van der Waals surface area contributed by atoms with Crippen LogP contribution in [0.5, 0.6) is 0 Å². The molecule has 0 aliphatic carbocycles.